The van der Waals surface area contributed by atoms with Crippen LogP contribution in [0.4, 0.5) is 0 Å². The summed E-state index contributed by atoms with van der Waals surface area (Å²) in [5.41, 5.74) is 2.69. The van der Waals surface area contributed by atoms with Gasteiger partial charge in [-0.3, -0.25) is 0 Å². The van der Waals surface area contributed by atoms with E-state index in [1.54, 1.807) is 0 Å². The highest BCUT2D eigenvalue weighted by Gasteiger charge is 2.54. The largest absolute Gasteiger partial charge is 0.388 e. The third-order valence-electron chi connectivity index (χ3n) is 5.25. The number of rotatable bonds is 0. The number of hydrogen-bond acceptors (Lipinski definition) is 1. The van der Waals surface area contributed by atoms with Crippen LogP contribution in [0.3, 0.4) is 0 Å². The van der Waals surface area contributed by atoms with E-state index >= 15 is 0 Å². The molecule has 0 unspecified atom stereocenters. The Morgan fingerprint density at radius 2 is 2.00 bits per heavy atom. The third kappa shape index (κ3) is 1.92. The summed E-state index contributed by atoms with van der Waals surface area (Å²) >= 11 is 10.1. The molecule has 1 spiro atoms. The predicted octanol–water partition coefficient (Wildman–Crippen LogP) is 4.78. The van der Waals surface area contributed by atoms with Crippen molar-refractivity contribution in [2.24, 2.45) is 10.8 Å². The Morgan fingerprint density at radius 3 is 2.56 bits per heavy atom. The third-order valence-corrected chi connectivity index (χ3v) is 7.39. The summed E-state index contributed by atoms with van der Waals surface area (Å²) in [6.07, 6.45) is 4.69. The van der Waals surface area contributed by atoms with Crippen LogP contribution in [-0.4, -0.2) is 16.0 Å². The SMILES string of the molecule is CC1=C[C@H](O)[C@@H](Br)C(C)(C)[C@@]12CCC(C)=C(Cl)C2. The van der Waals surface area contributed by atoms with Crippen molar-refractivity contribution in [1.82, 2.24) is 0 Å². The summed E-state index contributed by atoms with van der Waals surface area (Å²) in [7, 11) is 0. The van der Waals surface area contributed by atoms with Gasteiger partial charge in [-0.25, -0.2) is 0 Å². The molecule has 0 radical (unpaired) electrons. The smallest absolute Gasteiger partial charge is 0.0854 e. The van der Waals surface area contributed by atoms with Gasteiger partial charge in [0.25, 0.3) is 0 Å². The molecule has 2 aliphatic rings. The molecule has 0 heterocycles. The van der Waals surface area contributed by atoms with Crippen molar-refractivity contribution < 1.29 is 5.11 Å². The molecule has 18 heavy (non-hydrogen) atoms. The van der Waals surface area contributed by atoms with Crippen molar-refractivity contribution in [2.45, 2.75) is 57.9 Å². The van der Waals surface area contributed by atoms with Gasteiger partial charge in [-0.1, -0.05) is 58.6 Å². The highest BCUT2D eigenvalue weighted by molar-refractivity contribution is 9.09. The molecule has 0 amide bonds. The van der Waals surface area contributed by atoms with Crippen LogP contribution in [0.15, 0.2) is 22.3 Å². The van der Waals surface area contributed by atoms with Gasteiger partial charge in [0, 0.05) is 10.4 Å². The van der Waals surface area contributed by atoms with Gasteiger partial charge < -0.3 is 5.11 Å². The van der Waals surface area contributed by atoms with Crippen molar-refractivity contribution >= 4 is 27.5 Å². The van der Waals surface area contributed by atoms with Crippen molar-refractivity contribution in [1.29, 1.82) is 0 Å². The fourth-order valence-electron chi connectivity index (χ4n) is 3.63. The van der Waals surface area contributed by atoms with Gasteiger partial charge in [-0.15, -0.1) is 0 Å². The van der Waals surface area contributed by atoms with E-state index in [9.17, 15) is 5.11 Å². The summed E-state index contributed by atoms with van der Waals surface area (Å²) in [6.45, 7) is 8.77. The summed E-state index contributed by atoms with van der Waals surface area (Å²) in [6, 6.07) is 0. The molecule has 0 saturated heterocycles. The lowest BCUT2D eigenvalue weighted by molar-refractivity contribution is 0.0347. The summed E-state index contributed by atoms with van der Waals surface area (Å²) in [5.74, 6) is 0. The normalized spacial score (nSPS) is 40.1. The van der Waals surface area contributed by atoms with E-state index in [1.165, 1.54) is 11.1 Å². The average molecular weight is 334 g/mol. The molecule has 0 aromatic rings. The standard InChI is InChI=1S/C15H22BrClO/c1-9-5-6-15(8-11(9)17)10(2)7-12(18)13(16)14(15,3)4/h7,12-13,18H,5-6,8H2,1-4H3/t12-,13+,15+/m0/s1. The molecule has 2 rings (SSSR count). The quantitative estimate of drug-likeness (QED) is 0.499. The Bertz CT molecular complexity index is 424. The molecule has 0 aromatic carbocycles. The van der Waals surface area contributed by atoms with E-state index < -0.39 is 6.10 Å². The van der Waals surface area contributed by atoms with E-state index in [1.807, 2.05) is 6.08 Å². The van der Waals surface area contributed by atoms with Crippen LogP contribution >= 0.6 is 27.5 Å². The maximum Gasteiger partial charge on any atom is 0.0854 e. The van der Waals surface area contributed by atoms with E-state index in [0.29, 0.717) is 0 Å². The topological polar surface area (TPSA) is 20.2 Å². The van der Waals surface area contributed by atoms with Crippen molar-refractivity contribution in [3.63, 3.8) is 0 Å². The van der Waals surface area contributed by atoms with Crippen LogP contribution in [-0.2, 0) is 0 Å². The fraction of sp³-hybridized carbons (Fsp3) is 0.733. The molecule has 1 N–H and O–H groups in total. The number of hydrogen-bond donors (Lipinski definition) is 1. The molecule has 102 valence electrons. The zero-order chi connectivity index (χ0) is 13.7. The molecule has 0 aromatic heterocycles. The molecule has 0 aliphatic heterocycles. The molecule has 1 nitrogen and oxygen atoms in total. The Hall–Kier alpha value is 0.210. The zero-order valence-electron chi connectivity index (χ0n) is 11.6. The lowest BCUT2D eigenvalue weighted by Crippen LogP contribution is -2.52. The first-order valence-corrected chi connectivity index (χ1v) is 7.87. The number of alkyl halides is 1. The van der Waals surface area contributed by atoms with E-state index in [-0.39, 0.29) is 15.7 Å². The Balaban J connectivity index is 2.52. The lowest BCUT2D eigenvalue weighted by atomic mass is 9.52. The van der Waals surface area contributed by atoms with E-state index in [4.69, 9.17) is 11.6 Å². The van der Waals surface area contributed by atoms with Gasteiger partial charge in [0.05, 0.1) is 10.9 Å². The lowest BCUT2D eigenvalue weighted by Gasteiger charge is -2.56. The Labute approximate surface area is 123 Å². The predicted molar refractivity (Wildman–Crippen MR) is 81.1 cm³/mol. The molecule has 3 atom stereocenters. The monoisotopic (exact) mass is 332 g/mol. The second kappa shape index (κ2) is 4.64. The second-order valence-electron chi connectivity index (χ2n) is 6.41. The summed E-state index contributed by atoms with van der Waals surface area (Å²) in [4.78, 5) is 0.0802. The first-order chi connectivity index (χ1) is 8.22. The van der Waals surface area contributed by atoms with Crippen LogP contribution in [0.1, 0.15) is 47.0 Å². The maximum absolute atomic E-state index is 10.1. The van der Waals surface area contributed by atoms with Crippen molar-refractivity contribution in [3.05, 3.63) is 22.3 Å². The highest BCUT2D eigenvalue weighted by Crippen LogP contribution is 2.61. The molecular weight excluding hydrogens is 312 g/mol. The second-order valence-corrected chi connectivity index (χ2v) is 7.85. The first-order valence-electron chi connectivity index (χ1n) is 6.57. The zero-order valence-corrected chi connectivity index (χ0v) is 13.9. The Morgan fingerprint density at radius 1 is 1.39 bits per heavy atom. The molecular formula is C15H22BrClO. The average Bonchev–Trinajstić information content (AvgIpc) is 2.29. The van der Waals surface area contributed by atoms with Gasteiger partial charge in [0.15, 0.2) is 0 Å². The minimum atomic E-state index is -0.406. The fourth-order valence-corrected chi connectivity index (χ4v) is 4.54. The molecule has 3 heteroatoms. The minimum Gasteiger partial charge on any atom is -0.388 e. The van der Waals surface area contributed by atoms with Gasteiger partial charge >= 0.3 is 0 Å². The molecule has 0 bridgehead atoms. The van der Waals surface area contributed by atoms with Gasteiger partial charge in [-0.05, 0) is 38.5 Å². The molecule has 0 fully saturated rings. The van der Waals surface area contributed by atoms with Crippen molar-refractivity contribution in [3.8, 4) is 0 Å². The van der Waals surface area contributed by atoms with Gasteiger partial charge in [-0.2, -0.15) is 0 Å². The van der Waals surface area contributed by atoms with Crippen LogP contribution in [0, 0.1) is 10.8 Å². The van der Waals surface area contributed by atoms with Crippen molar-refractivity contribution in [2.75, 3.05) is 0 Å². The van der Waals surface area contributed by atoms with Gasteiger partial charge in [0.1, 0.15) is 0 Å². The van der Waals surface area contributed by atoms with E-state index in [2.05, 4.69) is 43.6 Å². The van der Waals surface area contributed by atoms with Crippen LogP contribution in [0.5, 0.6) is 0 Å². The number of aliphatic hydroxyl groups is 1. The van der Waals surface area contributed by atoms with Crippen LogP contribution < -0.4 is 0 Å². The Kier molecular flexibility index (Phi) is 3.77. The summed E-state index contributed by atoms with van der Waals surface area (Å²) < 4.78 is 0. The van der Waals surface area contributed by atoms with Crippen LogP contribution in [0.2, 0.25) is 0 Å². The maximum atomic E-state index is 10.1. The van der Waals surface area contributed by atoms with Gasteiger partial charge in [0.2, 0.25) is 0 Å². The molecule has 2 aliphatic carbocycles. The number of aliphatic hydroxyl groups excluding tert-OH is 1. The first kappa shape index (κ1) is 14.6. The molecule has 0 saturated carbocycles. The van der Waals surface area contributed by atoms with E-state index in [0.717, 1.165) is 24.3 Å². The van der Waals surface area contributed by atoms with Crippen LogP contribution in [0.25, 0.3) is 0 Å². The number of halogens is 2. The highest BCUT2D eigenvalue weighted by atomic mass is 79.9. The number of allylic oxidation sites excluding steroid dienone is 3. The summed E-state index contributed by atoms with van der Waals surface area (Å²) in [5, 5.41) is 11.2. The minimum absolute atomic E-state index is 0.00785.